The van der Waals surface area contributed by atoms with Crippen LogP contribution in [0.3, 0.4) is 0 Å². The lowest BCUT2D eigenvalue weighted by atomic mass is 10.0. The fourth-order valence-electron chi connectivity index (χ4n) is 2.67. The van der Waals surface area contributed by atoms with Gasteiger partial charge in [-0.15, -0.1) is 0 Å². The molecule has 0 amide bonds. The topological polar surface area (TPSA) is 24.1 Å². The fraction of sp³-hybridized carbons (Fsp3) is 0.571. The number of hydrogen-bond donors (Lipinski definition) is 2. The highest BCUT2D eigenvalue weighted by atomic mass is 15.0. The molecule has 16 heavy (non-hydrogen) atoms. The first-order valence-corrected chi connectivity index (χ1v) is 6.38. The van der Waals surface area contributed by atoms with Crippen LogP contribution in [0.25, 0.3) is 0 Å². The maximum Gasteiger partial charge on any atom is 0.0376 e. The van der Waals surface area contributed by atoms with E-state index in [4.69, 9.17) is 0 Å². The Labute approximate surface area is 97.4 Å². The zero-order valence-electron chi connectivity index (χ0n) is 9.87. The molecule has 2 heteroatoms. The molecule has 2 nitrogen and oxygen atoms in total. The predicted molar refractivity (Wildman–Crippen MR) is 67.8 cm³/mol. The average Bonchev–Trinajstić information content (AvgIpc) is 2.86. The fourth-order valence-corrected chi connectivity index (χ4v) is 2.67. The van der Waals surface area contributed by atoms with Gasteiger partial charge in [0.1, 0.15) is 0 Å². The normalized spacial score (nSPS) is 30.9. The van der Waals surface area contributed by atoms with E-state index in [0.29, 0.717) is 5.92 Å². The molecule has 2 aliphatic rings. The van der Waals surface area contributed by atoms with E-state index in [1.165, 1.54) is 24.2 Å². The first-order chi connectivity index (χ1) is 7.84. The monoisotopic (exact) mass is 216 g/mol. The van der Waals surface area contributed by atoms with Crippen LogP contribution < -0.4 is 10.6 Å². The standard InChI is InChI=1S/C14H20N2/c1-10-6-11(10)7-15-8-12-9-16-14-5-3-2-4-13(12)14/h2-5,10-12,15-16H,6-9H2,1H3. The summed E-state index contributed by atoms with van der Waals surface area (Å²) in [5.74, 6) is 2.57. The first-order valence-electron chi connectivity index (χ1n) is 6.38. The maximum absolute atomic E-state index is 3.62. The molecule has 3 atom stereocenters. The van der Waals surface area contributed by atoms with Gasteiger partial charge in [0.15, 0.2) is 0 Å². The molecule has 1 heterocycles. The minimum atomic E-state index is 0.658. The van der Waals surface area contributed by atoms with Gasteiger partial charge >= 0.3 is 0 Å². The number of rotatable bonds is 4. The number of benzene rings is 1. The molecule has 1 aromatic rings. The molecule has 0 aromatic heterocycles. The van der Waals surface area contributed by atoms with Gasteiger partial charge in [-0.3, -0.25) is 0 Å². The maximum atomic E-state index is 3.62. The third-order valence-electron chi connectivity index (χ3n) is 4.01. The van der Waals surface area contributed by atoms with Crippen molar-refractivity contribution in [2.45, 2.75) is 19.3 Å². The van der Waals surface area contributed by atoms with Crippen molar-refractivity contribution < 1.29 is 0 Å². The lowest BCUT2D eigenvalue weighted by Crippen LogP contribution is -2.25. The van der Waals surface area contributed by atoms with Gasteiger partial charge in [0.2, 0.25) is 0 Å². The number of hydrogen-bond acceptors (Lipinski definition) is 2. The van der Waals surface area contributed by atoms with Crippen LogP contribution in [0.15, 0.2) is 24.3 Å². The van der Waals surface area contributed by atoms with Crippen LogP contribution in [0.1, 0.15) is 24.8 Å². The van der Waals surface area contributed by atoms with E-state index in [9.17, 15) is 0 Å². The number of nitrogens with one attached hydrogen (secondary N) is 2. The van der Waals surface area contributed by atoms with Crippen LogP contribution in [-0.4, -0.2) is 19.6 Å². The summed E-state index contributed by atoms with van der Waals surface area (Å²) in [6.45, 7) is 5.76. The molecule has 1 fully saturated rings. The van der Waals surface area contributed by atoms with Crippen LogP contribution in [-0.2, 0) is 0 Å². The van der Waals surface area contributed by atoms with E-state index in [1.54, 1.807) is 0 Å². The summed E-state index contributed by atoms with van der Waals surface area (Å²) < 4.78 is 0. The van der Waals surface area contributed by atoms with E-state index in [1.807, 2.05) is 0 Å². The predicted octanol–water partition coefficient (Wildman–Crippen LogP) is 2.44. The van der Waals surface area contributed by atoms with Gasteiger partial charge in [0, 0.05) is 24.7 Å². The van der Waals surface area contributed by atoms with E-state index >= 15 is 0 Å². The third-order valence-corrected chi connectivity index (χ3v) is 4.01. The summed E-state index contributed by atoms with van der Waals surface area (Å²) in [4.78, 5) is 0. The van der Waals surface area contributed by atoms with Crippen LogP contribution in [0.5, 0.6) is 0 Å². The Kier molecular flexibility index (Phi) is 2.60. The summed E-state index contributed by atoms with van der Waals surface area (Å²) >= 11 is 0. The van der Waals surface area contributed by atoms with Crippen LogP contribution in [0.2, 0.25) is 0 Å². The van der Waals surface area contributed by atoms with Gasteiger partial charge in [-0.25, -0.2) is 0 Å². The Balaban J connectivity index is 1.53. The Morgan fingerprint density at radius 2 is 2.12 bits per heavy atom. The van der Waals surface area contributed by atoms with Crippen molar-refractivity contribution in [1.82, 2.24) is 5.32 Å². The van der Waals surface area contributed by atoms with Crippen molar-refractivity contribution in [1.29, 1.82) is 0 Å². The van der Waals surface area contributed by atoms with E-state index in [0.717, 1.165) is 24.9 Å². The minimum absolute atomic E-state index is 0.658. The van der Waals surface area contributed by atoms with Crippen LogP contribution in [0, 0.1) is 11.8 Å². The average molecular weight is 216 g/mol. The molecule has 3 unspecified atom stereocenters. The highest BCUT2D eigenvalue weighted by Gasteiger charge is 2.32. The second-order valence-corrected chi connectivity index (χ2v) is 5.30. The molecule has 0 saturated heterocycles. The van der Waals surface area contributed by atoms with Crippen molar-refractivity contribution in [3.05, 3.63) is 29.8 Å². The van der Waals surface area contributed by atoms with Gasteiger partial charge in [0.25, 0.3) is 0 Å². The Morgan fingerprint density at radius 3 is 2.94 bits per heavy atom. The smallest absolute Gasteiger partial charge is 0.0376 e. The summed E-state index contributed by atoms with van der Waals surface area (Å²) in [7, 11) is 0. The largest absolute Gasteiger partial charge is 0.384 e. The molecule has 1 aliphatic carbocycles. The Morgan fingerprint density at radius 1 is 1.31 bits per heavy atom. The Bertz CT molecular complexity index is 375. The quantitative estimate of drug-likeness (QED) is 0.808. The van der Waals surface area contributed by atoms with E-state index < -0.39 is 0 Å². The molecule has 3 rings (SSSR count). The van der Waals surface area contributed by atoms with Crippen LogP contribution in [0.4, 0.5) is 5.69 Å². The van der Waals surface area contributed by atoms with E-state index in [2.05, 4.69) is 41.8 Å². The number of anilines is 1. The summed E-state index contributed by atoms with van der Waals surface area (Å²) in [6.07, 6.45) is 1.42. The molecule has 2 N–H and O–H groups in total. The summed E-state index contributed by atoms with van der Waals surface area (Å²) in [5, 5.41) is 7.09. The van der Waals surface area contributed by atoms with Crippen molar-refractivity contribution >= 4 is 5.69 Å². The first kappa shape index (κ1) is 10.2. The zero-order chi connectivity index (χ0) is 11.0. The van der Waals surface area contributed by atoms with E-state index in [-0.39, 0.29) is 0 Å². The van der Waals surface area contributed by atoms with Crippen LogP contribution >= 0.6 is 0 Å². The molecule has 86 valence electrons. The number of para-hydroxylation sites is 1. The lowest BCUT2D eigenvalue weighted by molar-refractivity contribution is 0.571. The van der Waals surface area contributed by atoms with Gasteiger partial charge in [-0.1, -0.05) is 25.1 Å². The molecular formula is C14H20N2. The molecular weight excluding hydrogens is 196 g/mol. The van der Waals surface area contributed by atoms with Gasteiger partial charge in [-0.2, -0.15) is 0 Å². The molecule has 0 spiro atoms. The van der Waals surface area contributed by atoms with Crippen molar-refractivity contribution in [3.63, 3.8) is 0 Å². The molecule has 0 radical (unpaired) electrons. The second-order valence-electron chi connectivity index (χ2n) is 5.30. The Hall–Kier alpha value is -1.02. The second kappa shape index (κ2) is 4.10. The van der Waals surface area contributed by atoms with Gasteiger partial charge < -0.3 is 10.6 Å². The molecule has 0 bridgehead atoms. The summed E-state index contributed by atoms with van der Waals surface area (Å²) in [5.41, 5.74) is 2.81. The summed E-state index contributed by atoms with van der Waals surface area (Å²) in [6, 6.07) is 8.68. The SMILES string of the molecule is CC1CC1CNCC1CNc2ccccc21. The van der Waals surface area contributed by atoms with Crippen molar-refractivity contribution in [2.75, 3.05) is 25.0 Å². The highest BCUT2D eigenvalue weighted by molar-refractivity contribution is 5.57. The highest BCUT2D eigenvalue weighted by Crippen LogP contribution is 2.37. The molecule has 1 saturated carbocycles. The third kappa shape index (κ3) is 1.94. The zero-order valence-corrected chi connectivity index (χ0v) is 9.87. The van der Waals surface area contributed by atoms with Crippen molar-refractivity contribution in [2.24, 2.45) is 11.8 Å². The van der Waals surface area contributed by atoms with Crippen molar-refractivity contribution in [3.8, 4) is 0 Å². The lowest BCUT2D eigenvalue weighted by Gasteiger charge is -2.11. The molecule has 1 aromatic carbocycles. The molecule has 1 aliphatic heterocycles. The van der Waals surface area contributed by atoms with Gasteiger partial charge in [-0.05, 0) is 36.4 Å². The van der Waals surface area contributed by atoms with Gasteiger partial charge in [0.05, 0.1) is 0 Å². The number of fused-ring (bicyclic) bond motifs is 1. The minimum Gasteiger partial charge on any atom is -0.384 e.